The maximum atomic E-state index is 11.5. The fourth-order valence-corrected chi connectivity index (χ4v) is 2.81. The molecule has 0 bridgehead atoms. The van der Waals surface area contributed by atoms with E-state index >= 15 is 0 Å². The second-order valence-corrected chi connectivity index (χ2v) is 5.98. The second-order valence-electron chi connectivity index (χ2n) is 5.54. The van der Waals surface area contributed by atoms with Gasteiger partial charge in [-0.2, -0.15) is 0 Å². The molecule has 0 aliphatic carbocycles. The molecule has 0 aliphatic rings. The van der Waals surface area contributed by atoms with Crippen molar-refractivity contribution >= 4 is 11.6 Å². The standard InChI is InChI=1S/C20H17ClN2O2/c21-17-5-7-18(8-6-17)25-14-11-15-3-1-2-4-19(15)20(23-24)16-9-12-22-13-10-16/h1-10,12-13,20H,11,14H2. The molecule has 1 unspecified atom stereocenters. The summed E-state index contributed by atoms with van der Waals surface area (Å²) < 4.78 is 5.76. The van der Waals surface area contributed by atoms with Gasteiger partial charge in [-0.15, -0.1) is 4.91 Å². The maximum absolute atomic E-state index is 11.5. The summed E-state index contributed by atoms with van der Waals surface area (Å²) in [6.07, 6.45) is 4.01. The van der Waals surface area contributed by atoms with Gasteiger partial charge in [0.25, 0.3) is 0 Å². The Morgan fingerprint density at radius 2 is 1.72 bits per heavy atom. The summed E-state index contributed by atoms with van der Waals surface area (Å²) in [5, 5.41) is 4.01. The van der Waals surface area contributed by atoms with Gasteiger partial charge in [0.1, 0.15) is 11.8 Å². The van der Waals surface area contributed by atoms with Crippen molar-refractivity contribution in [2.75, 3.05) is 6.61 Å². The van der Waals surface area contributed by atoms with Crippen LogP contribution in [-0.4, -0.2) is 11.6 Å². The number of benzene rings is 2. The predicted octanol–water partition coefficient (Wildman–Crippen LogP) is 5.21. The average Bonchev–Trinajstić information content (AvgIpc) is 2.66. The number of nitrogens with zero attached hydrogens (tertiary/aromatic N) is 2. The molecule has 4 nitrogen and oxygen atoms in total. The van der Waals surface area contributed by atoms with Crippen LogP contribution >= 0.6 is 11.6 Å². The van der Waals surface area contributed by atoms with Gasteiger partial charge in [0, 0.05) is 23.8 Å². The first-order chi connectivity index (χ1) is 12.3. The van der Waals surface area contributed by atoms with Crippen molar-refractivity contribution in [2.45, 2.75) is 12.5 Å². The number of ether oxygens (including phenoxy) is 1. The number of pyridine rings is 1. The predicted molar refractivity (Wildman–Crippen MR) is 99.0 cm³/mol. The molecule has 0 amide bonds. The summed E-state index contributed by atoms with van der Waals surface area (Å²) in [6.45, 7) is 0.501. The summed E-state index contributed by atoms with van der Waals surface area (Å²) in [5.41, 5.74) is 2.76. The number of aromatic nitrogens is 1. The van der Waals surface area contributed by atoms with E-state index in [1.54, 1.807) is 24.5 Å². The zero-order chi connectivity index (χ0) is 17.5. The quantitative estimate of drug-likeness (QED) is 0.548. The zero-order valence-electron chi connectivity index (χ0n) is 13.5. The normalized spacial score (nSPS) is 11.7. The van der Waals surface area contributed by atoms with Gasteiger partial charge in [0.05, 0.1) is 6.61 Å². The van der Waals surface area contributed by atoms with Crippen LogP contribution in [0.2, 0.25) is 5.02 Å². The Bertz CT molecular complexity index is 823. The largest absolute Gasteiger partial charge is 0.493 e. The molecule has 1 atom stereocenters. The highest BCUT2D eigenvalue weighted by Crippen LogP contribution is 2.28. The van der Waals surface area contributed by atoms with Crippen LogP contribution in [-0.2, 0) is 6.42 Å². The second kappa shape index (κ2) is 8.40. The van der Waals surface area contributed by atoms with Crippen molar-refractivity contribution in [2.24, 2.45) is 5.18 Å². The molecule has 0 fully saturated rings. The molecule has 5 heteroatoms. The third-order valence-corrected chi connectivity index (χ3v) is 4.18. The van der Waals surface area contributed by atoms with Crippen LogP contribution in [0, 0.1) is 4.91 Å². The molecule has 1 aromatic heterocycles. The Morgan fingerprint density at radius 3 is 2.44 bits per heavy atom. The molecule has 3 rings (SSSR count). The summed E-state index contributed by atoms with van der Waals surface area (Å²) in [5.74, 6) is 0.765. The molecular weight excluding hydrogens is 336 g/mol. The molecule has 1 heterocycles. The lowest BCUT2D eigenvalue weighted by Gasteiger charge is -2.15. The molecule has 126 valence electrons. The van der Waals surface area contributed by atoms with Gasteiger partial charge in [0.2, 0.25) is 0 Å². The molecule has 0 saturated carbocycles. The molecule has 2 aromatic carbocycles. The molecule has 3 aromatic rings. The van der Waals surface area contributed by atoms with E-state index in [0.29, 0.717) is 18.1 Å². The van der Waals surface area contributed by atoms with E-state index in [1.807, 2.05) is 48.5 Å². The summed E-state index contributed by atoms with van der Waals surface area (Å²) >= 11 is 5.87. The number of nitroso groups, excluding NO2 is 1. The van der Waals surface area contributed by atoms with E-state index in [9.17, 15) is 4.91 Å². The van der Waals surface area contributed by atoms with Gasteiger partial charge in [-0.05, 0) is 53.1 Å². The fraction of sp³-hybridized carbons (Fsp3) is 0.150. The van der Waals surface area contributed by atoms with E-state index in [2.05, 4.69) is 10.2 Å². The summed E-state index contributed by atoms with van der Waals surface area (Å²) in [6, 6.07) is 18.1. The fourth-order valence-electron chi connectivity index (χ4n) is 2.68. The Morgan fingerprint density at radius 1 is 1.00 bits per heavy atom. The minimum absolute atomic E-state index is 0.501. The van der Waals surface area contributed by atoms with Crippen LogP contribution in [0.15, 0.2) is 78.2 Å². The van der Waals surface area contributed by atoms with Crippen LogP contribution in [0.4, 0.5) is 0 Å². The van der Waals surface area contributed by atoms with Gasteiger partial charge in [0.15, 0.2) is 0 Å². The minimum atomic E-state index is -0.547. The Balaban J connectivity index is 1.74. The molecule has 0 spiro atoms. The van der Waals surface area contributed by atoms with Gasteiger partial charge >= 0.3 is 0 Å². The lowest BCUT2D eigenvalue weighted by atomic mass is 9.94. The third-order valence-electron chi connectivity index (χ3n) is 3.93. The number of rotatable bonds is 7. The zero-order valence-corrected chi connectivity index (χ0v) is 14.3. The van der Waals surface area contributed by atoms with Crippen molar-refractivity contribution < 1.29 is 4.74 Å². The van der Waals surface area contributed by atoms with Gasteiger partial charge in [-0.1, -0.05) is 41.0 Å². The highest BCUT2D eigenvalue weighted by molar-refractivity contribution is 6.30. The van der Waals surface area contributed by atoms with Crippen molar-refractivity contribution in [1.29, 1.82) is 0 Å². The first kappa shape index (κ1) is 17.1. The van der Waals surface area contributed by atoms with E-state index in [1.165, 1.54) is 0 Å². The Kier molecular flexibility index (Phi) is 5.75. The summed E-state index contributed by atoms with van der Waals surface area (Å²) in [7, 11) is 0. The highest BCUT2D eigenvalue weighted by atomic mass is 35.5. The van der Waals surface area contributed by atoms with Crippen molar-refractivity contribution in [3.05, 3.63) is 99.7 Å². The Labute approximate surface area is 151 Å². The number of hydrogen-bond donors (Lipinski definition) is 0. The van der Waals surface area contributed by atoms with E-state index in [0.717, 1.165) is 22.4 Å². The van der Waals surface area contributed by atoms with Gasteiger partial charge in [-0.3, -0.25) is 4.98 Å². The number of halogens is 1. The van der Waals surface area contributed by atoms with Gasteiger partial charge in [-0.25, -0.2) is 0 Å². The average molecular weight is 353 g/mol. The molecule has 0 radical (unpaired) electrons. The Hall–Kier alpha value is -2.72. The third kappa shape index (κ3) is 4.43. The molecule has 0 N–H and O–H groups in total. The van der Waals surface area contributed by atoms with Crippen molar-refractivity contribution in [3.8, 4) is 5.75 Å². The topological polar surface area (TPSA) is 51.5 Å². The molecule has 0 aliphatic heterocycles. The lowest BCUT2D eigenvalue weighted by molar-refractivity contribution is 0.321. The van der Waals surface area contributed by atoms with Crippen LogP contribution < -0.4 is 4.74 Å². The molecule has 25 heavy (non-hydrogen) atoms. The SMILES string of the molecule is O=NC(c1ccncc1)c1ccccc1CCOc1ccc(Cl)cc1. The van der Waals surface area contributed by atoms with Crippen molar-refractivity contribution in [1.82, 2.24) is 4.98 Å². The van der Waals surface area contributed by atoms with E-state index < -0.39 is 6.04 Å². The van der Waals surface area contributed by atoms with E-state index in [-0.39, 0.29) is 0 Å². The van der Waals surface area contributed by atoms with Gasteiger partial charge < -0.3 is 4.74 Å². The van der Waals surface area contributed by atoms with Crippen LogP contribution in [0.25, 0.3) is 0 Å². The monoisotopic (exact) mass is 352 g/mol. The first-order valence-electron chi connectivity index (χ1n) is 7.96. The van der Waals surface area contributed by atoms with Crippen LogP contribution in [0.5, 0.6) is 5.75 Å². The smallest absolute Gasteiger partial charge is 0.142 e. The van der Waals surface area contributed by atoms with Crippen LogP contribution in [0.3, 0.4) is 0 Å². The maximum Gasteiger partial charge on any atom is 0.142 e. The molecular formula is C20H17ClN2O2. The van der Waals surface area contributed by atoms with E-state index in [4.69, 9.17) is 16.3 Å². The lowest BCUT2D eigenvalue weighted by Crippen LogP contribution is -2.07. The van der Waals surface area contributed by atoms with Crippen molar-refractivity contribution in [3.63, 3.8) is 0 Å². The first-order valence-corrected chi connectivity index (χ1v) is 8.34. The molecule has 0 saturated heterocycles. The minimum Gasteiger partial charge on any atom is -0.493 e. The summed E-state index contributed by atoms with van der Waals surface area (Å²) in [4.78, 5) is 15.5. The number of hydrogen-bond acceptors (Lipinski definition) is 4. The van der Waals surface area contributed by atoms with Crippen LogP contribution in [0.1, 0.15) is 22.7 Å². The highest BCUT2D eigenvalue weighted by Gasteiger charge is 2.17.